The van der Waals surface area contributed by atoms with Crippen molar-refractivity contribution < 1.29 is 14.6 Å². The normalized spacial score (nSPS) is 10.1. The summed E-state index contributed by atoms with van der Waals surface area (Å²) in [6.07, 6.45) is 0. The van der Waals surface area contributed by atoms with Gasteiger partial charge < -0.3 is 20.9 Å². The summed E-state index contributed by atoms with van der Waals surface area (Å²) in [7, 11) is 1.45. The summed E-state index contributed by atoms with van der Waals surface area (Å²) in [6, 6.07) is 4.57. The highest BCUT2D eigenvalue weighted by molar-refractivity contribution is 7.13. The van der Waals surface area contributed by atoms with Gasteiger partial charge in [-0.3, -0.25) is 4.79 Å². The van der Waals surface area contributed by atoms with Gasteiger partial charge >= 0.3 is 0 Å². The van der Waals surface area contributed by atoms with E-state index in [9.17, 15) is 9.90 Å². The molecule has 0 aliphatic rings. The van der Waals surface area contributed by atoms with E-state index in [4.69, 9.17) is 10.5 Å². The lowest BCUT2D eigenvalue weighted by molar-refractivity contribution is 0.102. The second-order valence-corrected chi connectivity index (χ2v) is 4.30. The van der Waals surface area contributed by atoms with Crippen LogP contribution in [-0.2, 0) is 0 Å². The molecule has 0 saturated heterocycles. The molecule has 0 bridgehead atoms. The predicted molar refractivity (Wildman–Crippen MR) is 69.1 cm³/mol. The number of aromatic hydroxyl groups is 1. The summed E-state index contributed by atoms with van der Waals surface area (Å²) in [6.45, 7) is 0. The van der Waals surface area contributed by atoms with Crippen LogP contribution in [0.3, 0.4) is 0 Å². The van der Waals surface area contributed by atoms with E-state index in [2.05, 4.69) is 10.3 Å². The number of hydrogen-bond donors (Lipinski definition) is 3. The number of carbonyl (C=O) groups excluding carboxylic acids is 1. The topological polar surface area (TPSA) is 97.5 Å². The van der Waals surface area contributed by atoms with Crippen molar-refractivity contribution in [3.63, 3.8) is 0 Å². The Labute approximate surface area is 107 Å². The van der Waals surface area contributed by atoms with Crippen LogP contribution in [0, 0.1) is 0 Å². The number of nitrogens with one attached hydrogen (secondary N) is 1. The molecule has 18 heavy (non-hydrogen) atoms. The Morgan fingerprint density at radius 2 is 2.33 bits per heavy atom. The molecule has 0 saturated carbocycles. The molecule has 7 heteroatoms. The third-order valence-corrected chi connectivity index (χ3v) is 2.87. The Morgan fingerprint density at radius 1 is 1.56 bits per heavy atom. The van der Waals surface area contributed by atoms with Crippen LogP contribution < -0.4 is 15.8 Å². The summed E-state index contributed by atoms with van der Waals surface area (Å²) in [5.74, 6) is -0.0912. The number of nitrogens with two attached hydrogens (primary N) is 1. The van der Waals surface area contributed by atoms with E-state index >= 15 is 0 Å². The van der Waals surface area contributed by atoms with Gasteiger partial charge in [-0.1, -0.05) is 0 Å². The van der Waals surface area contributed by atoms with Crippen molar-refractivity contribution in [1.29, 1.82) is 0 Å². The molecular weight excluding hydrogens is 254 g/mol. The highest BCUT2D eigenvalue weighted by Gasteiger charge is 2.11. The number of nitrogens with zero attached hydrogens (tertiary/aromatic N) is 1. The maximum Gasteiger partial charge on any atom is 0.275 e. The van der Waals surface area contributed by atoms with Gasteiger partial charge in [0.25, 0.3) is 5.91 Å². The first-order valence-electron chi connectivity index (χ1n) is 4.99. The van der Waals surface area contributed by atoms with E-state index in [0.29, 0.717) is 16.6 Å². The van der Waals surface area contributed by atoms with Crippen LogP contribution in [0.15, 0.2) is 23.6 Å². The number of carbonyl (C=O) groups is 1. The van der Waals surface area contributed by atoms with E-state index < -0.39 is 0 Å². The summed E-state index contributed by atoms with van der Waals surface area (Å²) >= 11 is 1.19. The molecule has 0 aliphatic carbocycles. The molecule has 4 N–H and O–H groups in total. The first-order chi connectivity index (χ1) is 8.60. The van der Waals surface area contributed by atoms with Gasteiger partial charge in [0, 0.05) is 17.1 Å². The van der Waals surface area contributed by atoms with Crippen LogP contribution in [0.25, 0.3) is 0 Å². The number of methoxy groups -OCH3 is 1. The molecule has 2 aromatic rings. The molecule has 0 aliphatic heterocycles. The monoisotopic (exact) mass is 265 g/mol. The van der Waals surface area contributed by atoms with E-state index in [1.165, 1.54) is 24.5 Å². The Kier molecular flexibility index (Phi) is 3.33. The van der Waals surface area contributed by atoms with Crippen molar-refractivity contribution in [2.45, 2.75) is 0 Å². The Bertz CT molecular complexity index is 583. The molecule has 0 atom stereocenters. The second kappa shape index (κ2) is 4.92. The predicted octanol–water partition coefficient (Wildman–Crippen LogP) is 1.69. The van der Waals surface area contributed by atoms with Crippen molar-refractivity contribution in [3.8, 4) is 11.5 Å². The van der Waals surface area contributed by atoms with E-state index in [-0.39, 0.29) is 17.4 Å². The number of thiazole rings is 1. The lowest BCUT2D eigenvalue weighted by Gasteiger charge is -2.06. The zero-order valence-electron chi connectivity index (χ0n) is 9.51. The lowest BCUT2D eigenvalue weighted by atomic mass is 10.2. The molecule has 0 unspecified atom stereocenters. The first kappa shape index (κ1) is 12.2. The SMILES string of the molecule is COc1ccc(NC(=O)c2csc(N)n2)cc1O. The number of benzene rings is 1. The van der Waals surface area contributed by atoms with Crippen molar-refractivity contribution >= 4 is 28.1 Å². The van der Waals surface area contributed by atoms with Crippen LogP contribution in [0.5, 0.6) is 11.5 Å². The van der Waals surface area contributed by atoms with E-state index in [1.54, 1.807) is 17.5 Å². The van der Waals surface area contributed by atoms with E-state index in [1.807, 2.05) is 0 Å². The number of phenols is 1. The summed E-state index contributed by atoms with van der Waals surface area (Å²) in [5.41, 5.74) is 6.13. The maximum absolute atomic E-state index is 11.8. The average molecular weight is 265 g/mol. The fraction of sp³-hybridized carbons (Fsp3) is 0.0909. The van der Waals surface area contributed by atoms with Gasteiger partial charge in [0.2, 0.25) is 0 Å². The van der Waals surface area contributed by atoms with Gasteiger partial charge in [-0.05, 0) is 12.1 Å². The number of amides is 1. The molecule has 0 spiro atoms. The van der Waals surface area contributed by atoms with Crippen LogP contribution in [0.4, 0.5) is 10.8 Å². The number of anilines is 2. The second-order valence-electron chi connectivity index (χ2n) is 3.41. The lowest BCUT2D eigenvalue weighted by Crippen LogP contribution is -2.12. The molecular formula is C11H11N3O3S. The molecule has 2 rings (SSSR count). The molecule has 0 fully saturated rings. The van der Waals surface area contributed by atoms with Gasteiger partial charge in [-0.2, -0.15) is 0 Å². The minimum absolute atomic E-state index is 0.0481. The minimum atomic E-state index is -0.382. The van der Waals surface area contributed by atoms with E-state index in [0.717, 1.165) is 0 Å². The largest absolute Gasteiger partial charge is 0.504 e. The Morgan fingerprint density at radius 3 is 2.89 bits per heavy atom. The molecule has 0 radical (unpaired) electrons. The average Bonchev–Trinajstić information content (AvgIpc) is 2.76. The zero-order valence-corrected chi connectivity index (χ0v) is 10.3. The number of ether oxygens (including phenoxy) is 1. The highest BCUT2D eigenvalue weighted by Crippen LogP contribution is 2.28. The smallest absolute Gasteiger partial charge is 0.275 e. The van der Waals surface area contributed by atoms with Gasteiger partial charge in [-0.15, -0.1) is 11.3 Å². The molecule has 1 amide bonds. The van der Waals surface area contributed by atoms with Crippen LogP contribution >= 0.6 is 11.3 Å². The standard InChI is InChI=1S/C11H11N3O3S/c1-17-9-3-2-6(4-8(9)15)13-10(16)7-5-18-11(12)14-7/h2-5,15H,1H3,(H2,12,14)(H,13,16). The summed E-state index contributed by atoms with van der Waals surface area (Å²) in [5, 5.41) is 14.1. The van der Waals surface area contributed by atoms with Crippen molar-refractivity contribution in [1.82, 2.24) is 4.98 Å². The number of phenolic OH excluding ortho intramolecular Hbond substituents is 1. The third kappa shape index (κ3) is 2.51. The quantitative estimate of drug-likeness (QED) is 0.784. The Hall–Kier alpha value is -2.28. The van der Waals surface area contributed by atoms with Crippen LogP contribution in [0.1, 0.15) is 10.5 Å². The van der Waals surface area contributed by atoms with Crippen molar-refractivity contribution in [2.75, 3.05) is 18.2 Å². The molecule has 94 valence electrons. The highest BCUT2D eigenvalue weighted by atomic mass is 32.1. The minimum Gasteiger partial charge on any atom is -0.504 e. The van der Waals surface area contributed by atoms with Gasteiger partial charge in [0.1, 0.15) is 5.69 Å². The number of hydrogen-bond acceptors (Lipinski definition) is 6. The maximum atomic E-state index is 11.8. The zero-order chi connectivity index (χ0) is 13.1. The van der Waals surface area contributed by atoms with Gasteiger partial charge in [0.15, 0.2) is 16.6 Å². The molecule has 1 aromatic carbocycles. The first-order valence-corrected chi connectivity index (χ1v) is 5.87. The van der Waals surface area contributed by atoms with Crippen LogP contribution in [0.2, 0.25) is 0 Å². The number of nitrogen functional groups attached to an aromatic ring is 1. The van der Waals surface area contributed by atoms with Gasteiger partial charge in [-0.25, -0.2) is 4.98 Å². The third-order valence-electron chi connectivity index (χ3n) is 2.19. The fourth-order valence-electron chi connectivity index (χ4n) is 1.35. The van der Waals surface area contributed by atoms with Gasteiger partial charge in [0.05, 0.1) is 7.11 Å². The Balaban J connectivity index is 2.14. The number of aromatic nitrogens is 1. The molecule has 6 nitrogen and oxygen atoms in total. The van der Waals surface area contributed by atoms with Crippen LogP contribution in [-0.4, -0.2) is 23.1 Å². The van der Waals surface area contributed by atoms with Crippen molar-refractivity contribution in [3.05, 3.63) is 29.3 Å². The molecule has 1 aromatic heterocycles. The van der Waals surface area contributed by atoms with Crippen molar-refractivity contribution in [2.24, 2.45) is 0 Å². The summed E-state index contributed by atoms with van der Waals surface area (Å²) < 4.78 is 4.90. The number of rotatable bonds is 3. The summed E-state index contributed by atoms with van der Waals surface area (Å²) in [4.78, 5) is 15.6. The fourth-order valence-corrected chi connectivity index (χ4v) is 1.90. The molecule has 1 heterocycles.